The second-order valence-electron chi connectivity index (χ2n) is 7.25. The van der Waals surface area contributed by atoms with E-state index >= 15 is 0 Å². The van der Waals surface area contributed by atoms with Gasteiger partial charge in [-0.05, 0) is 80.5 Å². The highest BCUT2D eigenvalue weighted by molar-refractivity contribution is 5.73. The monoisotopic (exact) mass is 350 g/mol. The van der Waals surface area contributed by atoms with Crippen LogP contribution in [-0.2, 0) is 0 Å². The van der Waals surface area contributed by atoms with E-state index in [2.05, 4.69) is 57.3 Å². The molecule has 0 fully saturated rings. The minimum atomic E-state index is 0.291. The van der Waals surface area contributed by atoms with Gasteiger partial charge in [0.05, 0.1) is 11.2 Å². The third-order valence-corrected chi connectivity index (χ3v) is 5.55. The summed E-state index contributed by atoms with van der Waals surface area (Å²) in [6.07, 6.45) is 2.30. The fourth-order valence-corrected chi connectivity index (χ4v) is 4.02. The maximum absolute atomic E-state index is 5.57. The number of aromatic nitrogens is 2. The van der Waals surface area contributed by atoms with Crippen molar-refractivity contribution in [3.8, 4) is 22.8 Å². The van der Waals surface area contributed by atoms with Gasteiger partial charge in [-0.1, -0.05) is 13.8 Å². The van der Waals surface area contributed by atoms with Crippen molar-refractivity contribution in [1.29, 1.82) is 0 Å². The fourth-order valence-electron chi connectivity index (χ4n) is 4.02. The Bertz CT molecular complexity index is 984. The summed E-state index contributed by atoms with van der Waals surface area (Å²) in [6, 6.07) is 8.68. The molecule has 26 heavy (non-hydrogen) atoms. The zero-order valence-electron chi connectivity index (χ0n) is 16.2. The average Bonchev–Trinajstić information content (AvgIpc) is 3.19. The average molecular weight is 350 g/mol. The van der Waals surface area contributed by atoms with Crippen LogP contribution < -0.4 is 9.47 Å². The molecule has 0 saturated carbocycles. The van der Waals surface area contributed by atoms with Crippen LogP contribution >= 0.6 is 0 Å². The van der Waals surface area contributed by atoms with Crippen LogP contribution in [0.25, 0.3) is 16.8 Å². The first-order valence-corrected chi connectivity index (χ1v) is 9.44. The van der Waals surface area contributed by atoms with E-state index in [1.54, 1.807) is 0 Å². The largest absolute Gasteiger partial charge is 0.454 e. The predicted octanol–water partition coefficient (Wildman–Crippen LogP) is 5.56. The van der Waals surface area contributed by atoms with Crippen molar-refractivity contribution in [2.24, 2.45) is 0 Å². The standard InChI is InChI=1S/C22H26N2O2/c1-6-16(7-2)18-10-15(5)24-19(18)8-14(4)22(23-24)17-11-21-20(9-13(17)3)25-12-26-21/h8-11,16H,6-7,12H2,1-5H3. The summed E-state index contributed by atoms with van der Waals surface area (Å²) in [5, 5.41) is 5.02. The number of hydrogen-bond donors (Lipinski definition) is 0. The van der Waals surface area contributed by atoms with Crippen molar-refractivity contribution in [1.82, 2.24) is 9.61 Å². The Hall–Kier alpha value is -2.49. The number of ether oxygens (including phenoxy) is 2. The van der Waals surface area contributed by atoms with Crippen LogP contribution in [0.15, 0.2) is 24.3 Å². The summed E-state index contributed by atoms with van der Waals surface area (Å²) in [7, 11) is 0. The van der Waals surface area contributed by atoms with Crippen LogP contribution in [0.3, 0.4) is 0 Å². The summed E-state index contributed by atoms with van der Waals surface area (Å²) >= 11 is 0. The molecule has 2 aromatic heterocycles. The molecule has 4 heteroatoms. The molecule has 0 bridgehead atoms. The van der Waals surface area contributed by atoms with Gasteiger partial charge in [0.1, 0.15) is 0 Å². The van der Waals surface area contributed by atoms with Crippen molar-refractivity contribution >= 4 is 5.52 Å². The Morgan fingerprint density at radius 3 is 2.35 bits per heavy atom. The Morgan fingerprint density at radius 1 is 0.962 bits per heavy atom. The number of rotatable bonds is 4. The Balaban J connectivity index is 1.91. The zero-order chi connectivity index (χ0) is 18.4. The topological polar surface area (TPSA) is 35.8 Å². The van der Waals surface area contributed by atoms with Gasteiger partial charge in [-0.15, -0.1) is 0 Å². The van der Waals surface area contributed by atoms with E-state index in [4.69, 9.17) is 14.6 Å². The van der Waals surface area contributed by atoms with Gasteiger partial charge < -0.3 is 9.47 Å². The molecule has 0 unspecified atom stereocenters. The minimum absolute atomic E-state index is 0.291. The molecule has 0 saturated heterocycles. The number of fused-ring (bicyclic) bond motifs is 2. The van der Waals surface area contributed by atoms with Crippen LogP contribution in [-0.4, -0.2) is 16.4 Å². The summed E-state index contributed by atoms with van der Waals surface area (Å²) in [4.78, 5) is 0. The van der Waals surface area contributed by atoms with E-state index in [-0.39, 0.29) is 0 Å². The summed E-state index contributed by atoms with van der Waals surface area (Å²) in [6.45, 7) is 11.2. The normalized spacial score (nSPS) is 13.2. The lowest BCUT2D eigenvalue weighted by atomic mass is 9.94. The zero-order valence-corrected chi connectivity index (χ0v) is 16.2. The van der Waals surface area contributed by atoms with Crippen LogP contribution in [0.5, 0.6) is 11.5 Å². The molecule has 0 spiro atoms. The quantitative estimate of drug-likeness (QED) is 0.618. The summed E-state index contributed by atoms with van der Waals surface area (Å²) < 4.78 is 13.2. The van der Waals surface area contributed by atoms with Crippen LogP contribution in [0, 0.1) is 20.8 Å². The van der Waals surface area contributed by atoms with Gasteiger partial charge in [0.25, 0.3) is 0 Å². The lowest BCUT2D eigenvalue weighted by Gasteiger charge is -2.14. The van der Waals surface area contributed by atoms with Gasteiger partial charge in [-0.25, -0.2) is 4.52 Å². The van der Waals surface area contributed by atoms with Crippen molar-refractivity contribution in [2.75, 3.05) is 6.79 Å². The Kier molecular flexibility index (Phi) is 4.14. The molecule has 0 atom stereocenters. The Labute approximate surface area is 154 Å². The van der Waals surface area contributed by atoms with E-state index in [9.17, 15) is 0 Å². The smallest absolute Gasteiger partial charge is 0.231 e. The van der Waals surface area contributed by atoms with Crippen molar-refractivity contribution in [3.63, 3.8) is 0 Å². The summed E-state index contributed by atoms with van der Waals surface area (Å²) in [5.74, 6) is 2.20. The van der Waals surface area contributed by atoms with Gasteiger partial charge in [0, 0.05) is 11.3 Å². The molecule has 3 heterocycles. The molecule has 3 aromatic rings. The molecule has 1 aliphatic rings. The van der Waals surface area contributed by atoms with Gasteiger partial charge in [0.15, 0.2) is 11.5 Å². The predicted molar refractivity (Wildman–Crippen MR) is 104 cm³/mol. The van der Waals surface area contributed by atoms with E-state index in [0.717, 1.165) is 41.2 Å². The highest BCUT2D eigenvalue weighted by Crippen LogP contribution is 2.39. The first kappa shape index (κ1) is 17.0. The van der Waals surface area contributed by atoms with E-state index in [1.165, 1.54) is 22.3 Å². The third-order valence-electron chi connectivity index (χ3n) is 5.55. The van der Waals surface area contributed by atoms with Gasteiger partial charge in [-0.2, -0.15) is 5.10 Å². The number of hydrogen-bond acceptors (Lipinski definition) is 3. The van der Waals surface area contributed by atoms with E-state index < -0.39 is 0 Å². The molecule has 0 radical (unpaired) electrons. The van der Waals surface area contributed by atoms with Crippen molar-refractivity contribution in [3.05, 3.63) is 46.6 Å². The van der Waals surface area contributed by atoms with Crippen LogP contribution in [0.1, 0.15) is 55.0 Å². The number of benzene rings is 1. The molecule has 0 amide bonds. The first-order valence-electron chi connectivity index (χ1n) is 9.44. The first-order chi connectivity index (χ1) is 12.5. The molecule has 136 valence electrons. The highest BCUT2D eigenvalue weighted by Gasteiger charge is 2.20. The minimum Gasteiger partial charge on any atom is -0.454 e. The highest BCUT2D eigenvalue weighted by atomic mass is 16.7. The van der Waals surface area contributed by atoms with E-state index in [1.807, 2.05) is 6.07 Å². The second kappa shape index (κ2) is 6.35. The lowest BCUT2D eigenvalue weighted by Crippen LogP contribution is -2.02. The fraction of sp³-hybridized carbons (Fsp3) is 0.409. The number of aryl methyl sites for hydroxylation is 3. The van der Waals surface area contributed by atoms with Crippen molar-refractivity contribution in [2.45, 2.75) is 53.4 Å². The SMILES string of the molecule is CCC(CC)c1cc(C)n2nc(-c3cc4c(cc3C)OCO4)c(C)cc12. The molecule has 0 N–H and O–H groups in total. The lowest BCUT2D eigenvalue weighted by molar-refractivity contribution is 0.174. The molecule has 1 aliphatic heterocycles. The van der Waals surface area contributed by atoms with E-state index in [0.29, 0.717) is 12.7 Å². The van der Waals surface area contributed by atoms with Crippen LogP contribution in [0.4, 0.5) is 0 Å². The molecule has 0 aliphatic carbocycles. The van der Waals surface area contributed by atoms with Crippen molar-refractivity contribution < 1.29 is 9.47 Å². The molecular formula is C22H26N2O2. The molecule has 1 aromatic carbocycles. The van der Waals surface area contributed by atoms with Gasteiger partial charge in [0.2, 0.25) is 6.79 Å². The Morgan fingerprint density at radius 2 is 1.65 bits per heavy atom. The maximum atomic E-state index is 5.57. The van der Waals surface area contributed by atoms with Gasteiger partial charge >= 0.3 is 0 Å². The number of nitrogens with zero attached hydrogens (tertiary/aromatic N) is 2. The van der Waals surface area contributed by atoms with Crippen LogP contribution in [0.2, 0.25) is 0 Å². The molecule has 4 rings (SSSR count). The second-order valence-corrected chi connectivity index (χ2v) is 7.25. The maximum Gasteiger partial charge on any atom is 0.231 e. The third kappa shape index (κ3) is 2.56. The molecule has 4 nitrogen and oxygen atoms in total. The summed E-state index contributed by atoms with van der Waals surface area (Å²) in [5.41, 5.74) is 8.27. The van der Waals surface area contributed by atoms with Gasteiger partial charge in [-0.3, -0.25) is 0 Å². The molecular weight excluding hydrogens is 324 g/mol.